The Morgan fingerprint density at radius 3 is 2.05 bits per heavy atom. The van der Waals surface area contributed by atoms with E-state index in [0.29, 0.717) is 23.5 Å². The van der Waals surface area contributed by atoms with Gasteiger partial charge in [-0.2, -0.15) is 0 Å². The molecule has 3 N–H and O–H groups in total. The molecule has 0 amide bonds. The molecule has 4 heteroatoms. The average molecular weight is 284 g/mol. The summed E-state index contributed by atoms with van der Waals surface area (Å²) >= 11 is 0. The number of nitrogens with one attached hydrogen (secondary N) is 1. The van der Waals surface area contributed by atoms with Crippen LogP contribution in [0, 0.1) is 6.92 Å². The number of nitrogen functional groups attached to an aromatic ring is 1. The highest BCUT2D eigenvalue weighted by molar-refractivity contribution is 5.60. The van der Waals surface area contributed by atoms with Crippen LogP contribution < -0.4 is 11.3 Å². The molecule has 1 aromatic heterocycles. The second-order valence-corrected chi connectivity index (χ2v) is 5.97. The number of hydrazine groups is 1. The summed E-state index contributed by atoms with van der Waals surface area (Å²) < 4.78 is 0. The Bertz CT molecular complexity index is 615. The number of rotatable bonds is 4. The lowest BCUT2D eigenvalue weighted by Gasteiger charge is -2.15. The van der Waals surface area contributed by atoms with Crippen LogP contribution in [0.25, 0.3) is 11.4 Å². The Morgan fingerprint density at radius 2 is 1.57 bits per heavy atom. The Hall–Kier alpha value is -1.94. The maximum atomic E-state index is 5.63. The zero-order valence-electron chi connectivity index (χ0n) is 13.4. The smallest absolute Gasteiger partial charge is 0.161 e. The van der Waals surface area contributed by atoms with Crippen molar-refractivity contribution >= 4 is 5.82 Å². The Labute approximate surface area is 126 Å². The predicted molar refractivity (Wildman–Crippen MR) is 88.2 cm³/mol. The van der Waals surface area contributed by atoms with E-state index in [-0.39, 0.29) is 0 Å². The Balaban J connectivity index is 2.47. The van der Waals surface area contributed by atoms with Gasteiger partial charge >= 0.3 is 0 Å². The molecule has 0 spiro atoms. The molecule has 0 atom stereocenters. The van der Waals surface area contributed by atoms with Gasteiger partial charge in [0, 0.05) is 16.8 Å². The summed E-state index contributed by atoms with van der Waals surface area (Å²) in [4.78, 5) is 9.21. The van der Waals surface area contributed by atoms with Crippen LogP contribution in [-0.2, 0) is 0 Å². The normalized spacial score (nSPS) is 11.2. The van der Waals surface area contributed by atoms with E-state index in [2.05, 4.69) is 67.4 Å². The minimum Gasteiger partial charge on any atom is -0.308 e. The van der Waals surface area contributed by atoms with Crippen molar-refractivity contribution < 1.29 is 0 Å². The van der Waals surface area contributed by atoms with Crippen molar-refractivity contribution in [3.63, 3.8) is 0 Å². The van der Waals surface area contributed by atoms with Crippen LogP contribution in [0.1, 0.15) is 56.4 Å². The number of aromatic nitrogens is 2. The van der Waals surface area contributed by atoms with Crippen LogP contribution in [0.5, 0.6) is 0 Å². The number of aryl methyl sites for hydroxylation is 1. The van der Waals surface area contributed by atoms with Gasteiger partial charge in [-0.1, -0.05) is 52.0 Å². The van der Waals surface area contributed by atoms with Gasteiger partial charge in [-0.25, -0.2) is 15.8 Å². The van der Waals surface area contributed by atoms with Gasteiger partial charge in [0.2, 0.25) is 0 Å². The minimum atomic E-state index is 0.327. The number of hydrogen-bond donors (Lipinski definition) is 2. The summed E-state index contributed by atoms with van der Waals surface area (Å²) in [6.45, 7) is 10.6. The molecule has 0 unspecified atom stereocenters. The molecule has 2 aromatic rings. The zero-order chi connectivity index (χ0) is 15.6. The first-order valence-corrected chi connectivity index (χ1v) is 7.39. The van der Waals surface area contributed by atoms with E-state index < -0.39 is 0 Å². The molecular formula is C17H24N4. The molecule has 0 aliphatic carbocycles. The highest BCUT2D eigenvalue weighted by atomic mass is 15.3. The van der Waals surface area contributed by atoms with Crippen LogP contribution in [0.15, 0.2) is 24.3 Å². The third-order valence-corrected chi connectivity index (χ3v) is 3.69. The minimum absolute atomic E-state index is 0.327. The van der Waals surface area contributed by atoms with E-state index in [0.717, 1.165) is 16.8 Å². The van der Waals surface area contributed by atoms with Gasteiger partial charge < -0.3 is 5.43 Å². The molecule has 0 radical (unpaired) electrons. The second kappa shape index (κ2) is 6.22. The molecule has 1 aromatic carbocycles. The van der Waals surface area contributed by atoms with Gasteiger partial charge in [0.15, 0.2) is 5.82 Å². The summed E-state index contributed by atoms with van der Waals surface area (Å²) in [5, 5.41) is 0. The largest absolute Gasteiger partial charge is 0.308 e. The van der Waals surface area contributed by atoms with Crippen molar-refractivity contribution in [1.82, 2.24) is 9.97 Å². The van der Waals surface area contributed by atoms with Crippen molar-refractivity contribution in [3.8, 4) is 11.4 Å². The molecule has 2 rings (SSSR count). The van der Waals surface area contributed by atoms with Crippen molar-refractivity contribution in [2.75, 3.05) is 5.43 Å². The van der Waals surface area contributed by atoms with Crippen molar-refractivity contribution in [1.29, 1.82) is 0 Å². The van der Waals surface area contributed by atoms with Gasteiger partial charge in [0.25, 0.3) is 0 Å². The molecule has 0 saturated carbocycles. The molecule has 0 aliphatic rings. The lowest BCUT2D eigenvalue weighted by molar-refractivity contribution is 0.831. The fourth-order valence-corrected chi connectivity index (χ4v) is 2.53. The Morgan fingerprint density at radius 1 is 0.952 bits per heavy atom. The van der Waals surface area contributed by atoms with Crippen LogP contribution in [0.4, 0.5) is 5.82 Å². The highest BCUT2D eigenvalue weighted by Crippen LogP contribution is 2.28. The molecule has 0 saturated heterocycles. The van der Waals surface area contributed by atoms with E-state index in [1.807, 2.05) is 6.92 Å². The predicted octanol–water partition coefficient (Wildman–Crippen LogP) is 3.98. The van der Waals surface area contributed by atoms with Gasteiger partial charge in [-0.15, -0.1) is 0 Å². The highest BCUT2D eigenvalue weighted by Gasteiger charge is 2.15. The topological polar surface area (TPSA) is 63.8 Å². The number of benzene rings is 1. The van der Waals surface area contributed by atoms with Crippen molar-refractivity contribution in [3.05, 3.63) is 41.1 Å². The fraction of sp³-hybridized carbons (Fsp3) is 0.412. The molecule has 0 fully saturated rings. The van der Waals surface area contributed by atoms with Gasteiger partial charge in [0.1, 0.15) is 5.82 Å². The summed E-state index contributed by atoms with van der Waals surface area (Å²) in [6, 6.07) is 8.40. The maximum Gasteiger partial charge on any atom is 0.161 e. The number of anilines is 1. The van der Waals surface area contributed by atoms with Crippen LogP contribution in [-0.4, -0.2) is 9.97 Å². The van der Waals surface area contributed by atoms with Crippen LogP contribution in [0.3, 0.4) is 0 Å². The monoisotopic (exact) mass is 284 g/mol. The van der Waals surface area contributed by atoms with Crippen molar-refractivity contribution in [2.24, 2.45) is 5.84 Å². The van der Waals surface area contributed by atoms with E-state index in [4.69, 9.17) is 5.84 Å². The molecule has 21 heavy (non-hydrogen) atoms. The summed E-state index contributed by atoms with van der Waals surface area (Å²) in [6.07, 6.45) is 0. The van der Waals surface area contributed by atoms with Crippen LogP contribution in [0.2, 0.25) is 0 Å². The summed E-state index contributed by atoms with van der Waals surface area (Å²) in [5.41, 5.74) is 7.06. The molecule has 0 aliphatic heterocycles. The van der Waals surface area contributed by atoms with E-state index in [1.54, 1.807) is 0 Å². The second-order valence-electron chi connectivity index (χ2n) is 5.97. The quantitative estimate of drug-likeness (QED) is 0.658. The number of hydrogen-bond acceptors (Lipinski definition) is 4. The Kier molecular flexibility index (Phi) is 4.58. The first-order chi connectivity index (χ1) is 9.93. The van der Waals surface area contributed by atoms with Gasteiger partial charge in [-0.05, 0) is 24.3 Å². The molecule has 112 valence electrons. The lowest BCUT2D eigenvalue weighted by Crippen LogP contribution is -2.14. The van der Waals surface area contributed by atoms with E-state index >= 15 is 0 Å². The maximum absolute atomic E-state index is 5.63. The number of nitrogens with two attached hydrogens (primary N) is 1. The third kappa shape index (κ3) is 3.22. The summed E-state index contributed by atoms with van der Waals surface area (Å²) in [7, 11) is 0. The molecule has 1 heterocycles. The third-order valence-electron chi connectivity index (χ3n) is 3.69. The zero-order valence-corrected chi connectivity index (χ0v) is 13.4. The number of nitrogens with zero attached hydrogens (tertiary/aromatic N) is 2. The SMILES string of the molecule is Cc1nc(-c2ccc(C(C)C)cc2)nc(NN)c1C(C)C. The fourth-order valence-electron chi connectivity index (χ4n) is 2.53. The summed E-state index contributed by atoms with van der Waals surface area (Å²) in [5.74, 6) is 7.89. The first-order valence-electron chi connectivity index (χ1n) is 7.39. The van der Waals surface area contributed by atoms with Crippen molar-refractivity contribution in [2.45, 2.75) is 46.5 Å². The van der Waals surface area contributed by atoms with Crippen LogP contribution >= 0.6 is 0 Å². The lowest BCUT2D eigenvalue weighted by atomic mass is 10.0. The molecule has 4 nitrogen and oxygen atoms in total. The molecule has 0 bridgehead atoms. The van der Waals surface area contributed by atoms with E-state index in [9.17, 15) is 0 Å². The van der Waals surface area contributed by atoms with E-state index in [1.165, 1.54) is 5.56 Å². The van der Waals surface area contributed by atoms with Gasteiger partial charge in [0.05, 0.1) is 0 Å². The van der Waals surface area contributed by atoms with Gasteiger partial charge in [-0.3, -0.25) is 0 Å². The molecular weight excluding hydrogens is 260 g/mol. The standard InChI is InChI=1S/C17H24N4/c1-10(2)13-6-8-14(9-7-13)16-19-12(5)15(11(3)4)17(20-16)21-18/h6-11H,18H2,1-5H3,(H,19,20,21). The average Bonchev–Trinajstić information content (AvgIpc) is 2.45. The first kappa shape index (κ1) is 15.4.